The fourth-order valence-electron chi connectivity index (χ4n) is 4.86. The largest absolute Gasteiger partial charge is 1.00 e. The molecular formula is C26H30LiOP. The summed E-state index contributed by atoms with van der Waals surface area (Å²) in [4.78, 5) is 0. The SMILES string of the molecule is CCCCC[C@H]1OP(c2ccccc2)(c2ccccc2)(c2ccccc2)[C-]1C.[Li+]. The van der Waals surface area contributed by atoms with E-state index in [2.05, 4.69) is 105 Å². The van der Waals surface area contributed by atoms with Gasteiger partial charge in [-0.05, 0) is 0 Å². The molecule has 0 unspecified atom stereocenters. The number of hydrogen-bond acceptors (Lipinski definition) is 1. The minimum Gasteiger partial charge on any atom is 1.00 e. The van der Waals surface area contributed by atoms with Gasteiger partial charge in [0.05, 0.1) is 0 Å². The zero-order chi connectivity index (χ0) is 19.5. The monoisotopic (exact) mass is 396 g/mol. The summed E-state index contributed by atoms with van der Waals surface area (Å²) >= 11 is 0. The van der Waals surface area contributed by atoms with Crippen molar-refractivity contribution in [2.24, 2.45) is 0 Å². The van der Waals surface area contributed by atoms with Crippen molar-refractivity contribution < 1.29 is 23.4 Å². The first-order chi connectivity index (χ1) is 13.7. The molecule has 3 aromatic rings. The van der Waals surface area contributed by atoms with Crippen molar-refractivity contribution in [3.05, 3.63) is 96.7 Å². The van der Waals surface area contributed by atoms with Gasteiger partial charge >= 0.3 is 188 Å². The van der Waals surface area contributed by atoms with Gasteiger partial charge in [0.2, 0.25) is 0 Å². The van der Waals surface area contributed by atoms with Crippen LogP contribution < -0.4 is 34.8 Å². The van der Waals surface area contributed by atoms with E-state index in [9.17, 15) is 0 Å². The first-order valence-corrected chi connectivity index (χ1v) is 12.6. The number of unbranched alkanes of at least 4 members (excludes halogenated alkanes) is 2. The maximum atomic E-state index is 7.23. The van der Waals surface area contributed by atoms with E-state index < -0.39 is 6.83 Å². The smallest absolute Gasteiger partial charge is 1.00 e. The Kier molecular flexibility index (Phi) is 7.09. The van der Waals surface area contributed by atoms with E-state index in [4.69, 9.17) is 4.52 Å². The molecule has 1 aliphatic rings. The van der Waals surface area contributed by atoms with Gasteiger partial charge in [-0.1, -0.05) is 0 Å². The molecule has 0 bridgehead atoms. The molecule has 1 nitrogen and oxygen atoms in total. The maximum absolute atomic E-state index is 7.23. The van der Waals surface area contributed by atoms with Gasteiger partial charge in [0.15, 0.2) is 0 Å². The van der Waals surface area contributed by atoms with E-state index in [1.54, 1.807) is 0 Å². The van der Waals surface area contributed by atoms with Crippen LogP contribution in [0.15, 0.2) is 91.0 Å². The molecule has 0 radical (unpaired) electrons. The van der Waals surface area contributed by atoms with E-state index in [1.807, 2.05) is 0 Å². The van der Waals surface area contributed by atoms with E-state index in [0.29, 0.717) is 0 Å². The van der Waals surface area contributed by atoms with Crippen molar-refractivity contribution in [3.63, 3.8) is 0 Å². The molecule has 0 N–H and O–H groups in total. The average Bonchev–Trinajstić information content (AvgIpc) is 2.78. The molecule has 29 heavy (non-hydrogen) atoms. The second-order valence-electron chi connectivity index (χ2n) is 7.77. The second-order valence-corrected chi connectivity index (χ2v) is 12.3. The topological polar surface area (TPSA) is 9.23 Å². The summed E-state index contributed by atoms with van der Waals surface area (Å²) in [7, 11) is 0. The van der Waals surface area contributed by atoms with Gasteiger partial charge in [-0.3, -0.25) is 0 Å². The molecule has 1 saturated heterocycles. The average molecular weight is 396 g/mol. The van der Waals surface area contributed by atoms with Gasteiger partial charge in [-0.2, -0.15) is 0 Å². The van der Waals surface area contributed by atoms with Crippen LogP contribution in [-0.4, -0.2) is 6.10 Å². The van der Waals surface area contributed by atoms with Crippen molar-refractivity contribution in [1.29, 1.82) is 0 Å². The van der Waals surface area contributed by atoms with E-state index in [-0.39, 0.29) is 25.0 Å². The van der Waals surface area contributed by atoms with Gasteiger partial charge in [0.1, 0.15) is 0 Å². The predicted molar refractivity (Wildman–Crippen MR) is 123 cm³/mol. The molecule has 0 spiro atoms. The Labute approximate surface area is 188 Å². The zero-order valence-corrected chi connectivity index (χ0v) is 18.8. The molecule has 1 fully saturated rings. The Morgan fingerprint density at radius 3 is 1.48 bits per heavy atom. The summed E-state index contributed by atoms with van der Waals surface area (Å²) < 4.78 is 7.23. The van der Waals surface area contributed by atoms with Crippen LogP contribution in [-0.2, 0) is 4.52 Å². The quantitative estimate of drug-likeness (QED) is 0.258. The van der Waals surface area contributed by atoms with Crippen LogP contribution in [0.5, 0.6) is 0 Å². The molecule has 3 aromatic carbocycles. The summed E-state index contributed by atoms with van der Waals surface area (Å²) in [5.41, 5.74) is 1.52. The van der Waals surface area contributed by atoms with Crippen LogP contribution in [0, 0.1) is 5.66 Å². The summed E-state index contributed by atoms with van der Waals surface area (Å²) in [6, 6.07) is 32.8. The molecule has 146 valence electrons. The first-order valence-electron chi connectivity index (χ1n) is 10.4. The molecule has 1 heterocycles. The van der Waals surface area contributed by atoms with Gasteiger partial charge in [0, 0.05) is 0 Å². The van der Waals surface area contributed by atoms with Crippen LogP contribution in [0.1, 0.15) is 39.5 Å². The number of rotatable bonds is 7. The van der Waals surface area contributed by atoms with Gasteiger partial charge in [-0.15, -0.1) is 0 Å². The van der Waals surface area contributed by atoms with Crippen molar-refractivity contribution >= 4 is 22.7 Å². The van der Waals surface area contributed by atoms with Crippen molar-refractivity contribution in [1.82, 2.24) is 0 Å². The summed E-state index contributed by atoms with van der Waals surface area (Å²) in [6.07, 6.45) is 5.09. The minimum absolute atomic E-state index is 0. The van der Waals surface area contributed by atoms with Crippen molar-refractivity contribution in [3.8, 4) is 0 Å². The predicted octanol–water partition coefficient (Wildman–Crippen LogP) is 2.97. The van der Waals surface area contributed by atoms with Gasteiger partial charge < -0.3 is 0 Å². The van der Waals surface area contributed by atoms with Crippen LogP contribution in [0.25, 0.3) is 0 Å². The van der Waals surface area contributed by atoms with Gasteiger partial charge in [-0.25, -0.2) is 0 Å². The summed E-state index contributed by atoms with van der Waals surface area (Å²) in [5.74, 6) is 0. The minimum atomic E-state index is -3.04. The van der Waals surface area contributed by atoms with E-state index in [1.165, 1.54) is 40.8 Å². The normalized spacial score (nSPS) is 21.2. The molecule has 0 saturated carbocycles. The van der Waals surface area contributed by atoms with E-state index >= 15 is 0 Å². The Balaban J connectivity index is 0.00000240. The molecule has 0 amide bonds. The molecule has 1 aliphatic heterocycles. The Morgan fingerprint density at radius 1 is 0.724 bits per heavy atom. The standard InChI is InChI=1S/C26H30OP.Li/c1-3-4-8-21-26-22(2)28(27-26,23-15-9-5-10-16-23,24-17-11-6-12-18-24)25-19-13-7-14-20-25;/h5-7,9-20,26H,3-4,8,21H2,1-2H3;/q-1;+1/t26-;/m1./s1. The third kappa shape index (κ3) is 3.34. The third-order valence-corrected chi connectivity index (χ3v) is 12.5. The zero-order valence-electron chi connectivity index (χ0n) is 17.9. The molecular weight excluding hydrogens is 366 g/mol. The Morgan fingerprint density at radius 2 is 1.14 bits per heavy atom. The van der Waals surface area contributed by atoms with Gasteiger partial charge in [0.25, 0.3) is 0 Å². The maximum Gasteiger partial charge on any atom is 1.00 e. The first kappa shape index (κ1) is 22.3. The fourth-order valence-corrected chi connectivity index (χ4v) is 11.1. The molecule has 1 atom stereocenters. The third-order valence-electron chi connectivity index (χ3n) is 6.29. The summed E-state index contributed by atoms with van der Waals surface area (Å²) in [6.45, 7) is 1.57. The molecule has 0 aromatic heterocycles. The fraction of sp³-hybridized carbons (Fsp3) is 0.269. The molecule has 0 aliphatic carbocycles. The van der Waals surface area contributed by atoms with Crippen LogP contribution in [0.2, 0.25) is 0 Å². The van der Waals surface area contributed by atoms with Crippen LogP contribution in [0.4, 0.5) is 0 Å². The van der Waals surface area contributed by atoms with Crippen molar-refractivity contribution in [2.75, 3.05) is 0 Å². The second kappa shape index (κ2) is 9.20. The Hall–Kier alpha value is -1.35. The van der Waals surface area contributed by atoms with Crippen LogP contribution in [0.3, 0.4) is 0 Å². The Bertz CT molecular complexity index is 798. The van der Waals surface area contributed by atoms with Crippen LogP contribution >= 0.6 is 6.83 Å². The number of hydrogen-bond donors (Lipinski definition) is 0. The summed E-state index contributed by atoms with van der Waals surface area (Å²) in [5, 5.41) is 3.94. The molecule has 3 heteroatoms. The van der Waals surface area contributed by atoms with E-state index in [0.717, 1.165) is 6.42 Å². The number of benzene rings is 3. The molecule has 4 rings (SSSR count). The van der Waals surface area contributed by atoms with Crippen molar-refractivity contribution in [2.45, 2.75) is 45.6 Å².